The van der Waals surface area contributed by atoms with Gasteiger partial charge in [0.1, 0.15) is 11.7 Å². The average Bonchev–Trinajstić information content (AvgIpc) is 3.12. The van der Waals surface area contributed by atoms with E-state index in [4.69, 9.17) is 4.74 Å². The van der Waals surface area contributed by atoms with Gasteiger partial charge in [0.15, 0.2) is 5.78 Å². The van der Waals surface area contributed by atoms with Crippen molar-refractivity contribution in [3.05, 3.63) is 66.2 Å². The van der Waals surface area contributed by atoms with E-state index in [1.165, 1.54) is 4.90 Å². The van der Waals surface area contributed by atoms with E-state index >= 15 is 0 Å². The summed E-state index contributed by atoms with van der Waals surface area (Å²) in [6, 6.07) is 18.4. The van der Waals surface area contributed by atoms with E-state index in [0.29, 0.717) is 18.5 Å². The molecule has 0 aromatic heterocycles. The van der Waals surface area contributed by atoms with Gasteiger partial charge in [0, 0.05) is 6.42 Å². The summed E-state index contributed by atoms with van der Waals surface area (Å²) in [5, 5.41) is 0. The highest BCUT2D eigenvalue weighted by Gasteiger charge is 2.70. The number of fused-ring (bicyclic) bond motifs is 5. The molecule has 2 bridgehead atoms. The lowest BCUT2D eigenvalue weighted by molar-refractivity contribution is -0.156. The zero-order chi connectivity index (χ0) is 17.9. The van der Waals surface area contributed by atoms with Gasteiger partial charge in [0.05, 0.1) is 17.5 Å². The van der Waals surface area contributed by atoms with Gasteiger partial charge in [-0.05, 0) is 24.1 Å². The number of carbonyl (C=O) groups is 3. The predicted molar refractivity (Wildman–Crippen MR) is 93.1 cm³/mol. The molecule has 2 aromatic rings. The maximum absolute atomic E-state index is 13.3. The fraction of sp³-hybridized carbons (Fsp3) is 0.286. The zero-order valence-corrected chi connectivity index (χ0v) is 14.0. The number of rotatable bonds is 2. The molecule has 2 amide bonds. The molecular weight excluding hydrogens is 330 g/mol. The van der Waals surface area contributed by atoms with Gasteiger partial charge in [-0.15, -0.1) is 0 Å². The number of anilines is 1. The Hall–Kier alpha value is -2.79. The van der Waals surface area contributed by atoms with E-state index in [2.05, 4.69) is 0 Å². The van der Waals surface area contributed by atoms with Gasteiger partial charge >= 0.3 is 0 Å². The lowest BCUT2D eigenvalue weighted by atomic mass is 9.76. The van der Waals surface area contributed by atoms with Crippen LogP contribution in [-0.2, 0) is 24.7 Å². The number of benzene rings is 2. The van der Waals surface area contributed by atoms with Crippen molar-refractivity contribution in [2.24, 2.45) is 11.8 Å². The highest BCUT2D eigenvalue weighted by Crippen LogP contribution is 2.57. The summed E-state index contributed by atoms with van der Waals surface area (Å²) in [4.78, 5) is 40.2. The van der Waals surface area contributed by atoms with E-state index in [1.54, 1.807) is 24.3 Å². The largest absolute Gasteiger partial charge is 0.358 e. The van der Waals surface area contributed by atoms with Crippen molar-refractivity contribution in [2.45, 2.75) is 24.5 Å². The Morgan fingerprint density at radius 3 is 2.23 bits per heavy atom. The van der Waals surface area contributed by atoms with Crippen molar-refractivity contribution in [1.29, 1.82) is 0 Å². The molecule has 3 saturated heterocycles. The van der Waals surface area contributed by atoms with Crippen LogP contribution in [0.5, 0.6) is 0 Å². The fourth-order valence-corrected chi connectivity index (χ4v) is 4.74. The van der Waals surface area contributed by atoms with Gasteiger partial charge in [-0.25, -0.2) is 4.90 Å². The van der Waals surface area contributed by atoms with Crippen LogP contribution < -0.4 is 4.90 Å². The molecule has 0 N–H and O–H groups in total. The fourth-order valence-electron chi connectivity index (χ4n) is 4.74. The second kappa shape index (κ2) is 5.35. The number of ketones is 1. The standard InChI is InChI=1S/C21H17NO4/c23-15-11-12-21(13-7-3-1-4-8-13)17-16(18(15)26-21)19(24)22(20(17)25)14-9-5-2-6-10-14/h1-10,16-18H,11-12H2/t16-,17-,18+,21+/m1/s1. The average molecular weight is 347 g/mol. The molecule has 4 atom stereocenters. The first-order valence-corrected chi connectivity index (χ1v) is 8.82. The molecule has 3 aliphatic rings. The number of nitrogens with zero attached hydrogens (tertiary/aromatic N) is 1. The Morgan fingerprint density at radius 2 is 1.54 bits per heavy atom. The van der Waals surface area contributed by atoms with Crippen LogP contribution in [-0.4, -0.2) is 23.7 Å². The van der Waals surface area contributed by atoms with Crippen LogP contribution in [0.3, 0.4) is 0 Å². The summed E-state index contributed by atoms with van der Waals surface area (Å²) in [5.41, 5.74) is 0.507. The van der Waals surface area contributed by atoms with Crippen molar-refractivity contribution in [1.82, 2.24) is 0 Å². The molecule has 130 valence electrons. The first-order valence-electron chi connectivity index (χ1n) is 8.82. The lowest BCUT2D eigenvalue weighted by Crippen LogP contribution is -2.45. The van der Waals surface area contributed by atoms with E-state index in [1.807, 2.05) is 36.4 Å². The molecule has 5 heteroatoms. The number of imide groups is 1. The summed E-state index contributed by atoms with van der Waals surface area (Å²) in [6.45, 7) is 0. The first-order chi connectivity index (χ1) is 12.6. The van der Waals surface area contributed by atoms with Crippen molar-refractivity contribution in [3.63, 3.8) is 0 Å². The van der Waals surface area contributed by atoms with Gasteiger partial charge in [-0.3, -0.25) is 14.4 Å². The van der Waals surface area contributed by atoms with E-state index < -0.39 is 23.5 Å². The minimum Gasteiger partial charge on any atom is -0.358 e. The molecule has 3 heterocycles. The van der Waals surface area contributed by atoms with E-state index in [9.17, 15) is 14.4 Å². The Balaban J connectivity index is 1.66. The van der Waals surface area contributed by atoms with E-state index in [0.717, 1.165) is 5.56 Å². The van der Waals surface area contributed by atoms with Crippen LogP contribution in [0.1, 0.15) is 18.4 Å². The maximum atomic E-state index is 13.3. The SMILES string of the molecule is O=C1CC[C@@]2(c3ccccc3)O[C@@H]1[C@@H]1C(=O)N(c3ccccc3)C(=O)[C@@H]12. The maximum Gasteiger partial charge on any atom is 0.241 e. The lowest BCUT2D eigenvalue weighted by Gasteiger charge is -2.37. The van der Waals surface area contributed by atoms with Crippen LogP contribution in [0.25, 0.3) is 0 Å². The summed E-state index contributed by atoms with van der Waals surface area (Å²) in [7, 11) is 0. The third-order valence-electron chi connectivity index (χ3n) is 5.85. The number of amides is 2. The van der Waals surface area contributed by atoms with Gasteiger partial charge in [0.25, 0.3) is 0 Å². The molecule has 0 unspecified atom stereocenters. The van der Waals surface area contributed by atoms with Crippen molar-refractivity contribution < 1.29 is 19.1 Å². The quantitative estimate of drug-likeness (QED) is 0.783. The summed E-state index contributed by atoms with van der Waals surface area (Å²) in [6.07, 6.45) is -0.0766. The van der Waals surface area contributed by atoms with Gasteiger partial charge in [0.2, 0.25) is 11.8 Å². The van der Waals surface area contributed by atoms with Crippen LogP contribution in [0.4, 0.5) is 5.69 Å². The third-order valence-corrected chi connectivity index (χ3v) is 5.85. The van der Waals surface area contributed by atoms with E-state index in [-0.39, 0.29) is 17.6 Å². The van der Waals surface area contributed by atoms with Crippen LogP contribution >= 0.6 is 0 Å². The van der Waals surface area contributed by atoms with Gasteiger partial charge in [-0.2, -0.15) is 0 Å². The number of para-hydroxylation sites is 1. The minimum absolute atomic E-state index is 0.0832. The molecule has 26 heavy (non-hydrogen) atoms. The molecule has 5 nitrogen and oxygen atoms in total. The molecule has 0 aliphatic carbocycles. The number of hydrogen-bond acceptors (Lipinski definition) is 4. The molecule has 0 saturated carbocycles. The highest BCUT2D eigenvalue weighted by atomic mass is 16.5. The molecule has 0 radical (unpaired) electrons. The number of ether oxygens (including phenoxy) is 1. The van der Waals surface area contributed by atoms with Gasteiger partial charge in [-0.1, -0.05) is 48.5 Å². The predicted octanol–water partition coefficient (Wildman–Crippen LogP) is 2.45. The summed E-state index contributed by atoms with van der Waals surface area (Å²) >= 11 is 0. The Kier molecular flexibility index (Phi) is 3.18. The third kappa shape index (κ3) is 1.86. The Morgan fingerprint density at radius 1 is 0.885 bits per heavy atom. The molecule has 3 fully saturated rings. The smallest absolute Gasteiger partial charge is 0.241 e. The second-order valence-corrected chi connectivity index (χ2v) is 7.11. The normalized spacial score (nSPS) is 32.8. The molecule has 2 aromatic carbocycles. The van der Waals surface area contributed by atoms with Crippen LogP contribution in [0, 0.1) is 11.8 Å². The van der Waals surface area contributed by atoms with Crippen LogP contribution in [0.2, 0.25) is 0 Å². The monoisotopic (exact) mass is 347 g/mol. The molecule has 5 rings (SSSR count). The van der Waals surface area contributed by atoms with Gasteiger partial charge < -0.3 is 4.74 Å². The Labute approximate surface area is 150 Å². The Bertz CT molecular complexity index is 910. The molecule has 3 aliphatic heterocycles. The topological polar surface area (TPSA) is 63.7 Å². The van der Waals surface area contributed by atoms with Crippen molar-refractivity contribution in [2.75, 3.05) is 4.90 Å². The molecule has 0 spiro atoms. The molecular formula is C21H17NO4. The first kappa shape index (κ1) is 15.5. The number of carbonyl (C=O) groups excluding carboxylic acids is 3. The van der Waals surface area contributed by atoms with Crippen molar-refractivity contribution in [3.8, 4) is 0 Å². The second-order valence-electron chi connectivity index (χ2n) is 7.11. The minimum atomic E-state index is -0.902. The number of hydrogen-bond donors (Lipinski definition) is 0. The summed E-state index contributed by atoms with van der Waals surface area (Å²) < 4.78 is 6.16. The van der Waals surface area contributed by atoms with Crippen molar-refractivity contribution >= 4 is 23.3 Å². The van der Waals surface area contributed by atoms with Crippen LogP contribution in [0.15, 0.2) is 60.7 Å². The number of Topliss-reactive ketones (excluding diaryl/α,β-unsaturated/α-hetero) is 1. The summed E-state index contributed by atoms with van der Waals surface area (Å²) in [5.74, 6) is -2.08. The highest BCUT2D eigenvalue weighted by molar-refractivity contribution is 6.24. The zero-order valence-electron chi connectivity index (χ0n) is 14.0.